The van der Waals surface area contributed by atoms with Gasteiger partial charge in [0.15, 0.2) is 0 Å². The van der Waals surface area contributed by atoms with E-state index in [1.165, 1.54) is 0 Å². The van der Waals surface area contributed by atoms with Crippen molar-refractivity contribution in [3.63, 3.8) is 0 Å². The maximum atomic E-state index is 8.99. The first kappa shape index (κ1) is 13.4. The number of likely N-dealkylation sites (tertiary alicyclic amines) is 1. The predicted molar refractivity (Wildman–Crippen MR) is 63.9 cm³/mol. The van der Waals surface area contributed by atoms with E-state index in [2.05, 4.69) is 23.2 Å². The number of nitrogens with one attached hydrogen (secondary N) is 1. The molecule has 1 rings (SSSR count). The molecule has 0 bridgehead atoms. The molecule has 0 aliphatic carbocycles. The van der Waals surface area contributed by atoms with Gasteiger partial charge in [-0.1, -0.05) is 6.92 Å². The molecule has 0 saturated carbocycles. The van der Waals surface area contributed by atoms with Crippen LogP contribution in [0.2, 0.25) is 0 Å². The third-order valence-corrected chi connectivity index (χ3v) is 3.13. The van der Waals surface area contributed by atoms with E-state index < -0.39 is 0 Å². The Bertz CT molecular complexity index is 227. The van der Waals surface area contributed by atoms with E-state index in [1.54, 1.807) is 0 Å². The van der Waals surface area contributed by atoms with Crippen LogP contribution in [0.4, 0.5) is 0 Å². The quantitative estimate of drug-likeness (QED) is 0.649. The van der Waals surface area contributed by atoms with Crippen LogP contribution in [-0.4, -0.2) is 48.8 Å². The Hall–Kier alpha value is -0.630. The summed E-state index contributed by atoms with van der Waals surface area (Å²) in [5.41, 5.74) is 0. The van der Waals surface area contributed by atoms with Gasteiger partial charge in [-0.3, -0.25) is 4.90 Å². The molecule has 1 heterocycles. The standard InChI is InChI=1S/C12H23N3O/c1-2-5-14-12-8-11(3-7-16)9-15(10-12)6-4-13/h11-12,14,16H,2-3,5-10H2,1H3. The third kappa shape index (κ3) is 4.48. The molecule has 0 radical (unpaired) electrons. The molecule has 92 valence electrons. The molecule has 1 aliphatic rings. The fourth-order valence-corrected chi connectivity index (χ4v) is 2.42. The molecule has 2 unspecified atom stereocenters. The van der Waals surface area contributed by atoms with Gasteiger partial charge >= 0.3 is 0 Å². The second-order valence-corrected chi connectivity index (χ2v) is 4.62. The number of nitrogens with zero attached hydrogens (tertiary/aromatic N) is 2. The van der Waals surface area contributed by atoms with Crippen molar-refractivity contribution in [3.05, 3.63) is 0 Å². The Balaban J connectivity index is 2.42. The van der Waals surface area contributed by atoms with Crippen molar-refractivity contribution in [2.24, 2.45) is 5.92 Å². The first-order valence-electron chi connectivity index (χ1n) is 6.23. The van der Waals surface area contributed by atoms with Crippen molar-refractivity contribution in [2.45, 2.75) is 32.2 Å². The third-order valence-electron chi connectivity index (χ3n) is 3.13. The van der Waals surface area contributed by atoms with E-state index in [0.29, 0.717) is 18.5 Å². The lowest BCUT2D eigenvalue weighted by atomic mass is 9.91. The molecule has 2 N–H and O–H groups in total. The molecule has 0 aromatic heterocycles. The zero-order valence-electron chi connectivity index (χ0n) is 10.2. The average Bonchev–Trinajstić information content (AvgIpc) is 2.27. The van der Waals surface area contributed by atoms with Gasteiger partial charge in [-0.25, -0.2) is 0 Å². The smallest absolute Gasteiger partial charge is 0.0866 e. The fraction of sp³-hybridized carbons (Fsp3) is 0.917. The predicted octanol–water partition coefficient (Wildman–Crippen LogP) is 0.582. The molecule has 1 saturated heterocycles. The van der Waals surface area contributed by atoms with Crippen molar-refractivity contribution in [1.82, 2.24) is 10.2 Å². The van der Waals surface area contributed by atoms with Gasteiger partial charge in [-0.15, -0.1) is 0 Å². The lowest BCUT2D eigenvalue weighted by Crippen LogP contribution is -2.49. The number of aliphatic hydroxyl groups is 1. The van der Waals surface area contributed by atoms with E-state index in [1.807, 2.05) is 0 Å². The summed E-state index contributed by atoms with van der Waals surface area (Å²) in [6.45, 7) is 5.89. The summed E-state index contributed by atoms with van der Waals surface area (Å²) >= 11 is 0. The zero-order chi connectivity index (χ0) is 11.8. The monoisotopic (exact) mass is 225 g/mol. The summed E-state index contributed by atoms with van der Waals surface area (Å²) in [5.74, 6) is 0.529. The summed E-state index contributed by atoms with van der Waals surface area (Å²) in [5, 5.41) is 21.2. The molecule has 0 aromatic rings. The Kier molecular flexibility index (Phi) is 6.39. The summed E-state index contributed by atoms with van der Waals surface area (Å²) in [6.07, 6.45) is 3.12. The summed E-state index contributed by atoms with van der Waals surface area (Å²) < 4.78 is 0. The maximum absolute atomic E-state index is 8.99. The fourth-order valence-electron chi connectivity index (χ4n) is 2.42. The Morgan fingerprint density at radius 2 is 2.31 bits per heavy atom. The Morgan fingerprint density at radius 3 is 2.94 bits per heavy atom. The Labute approximate surface area is 98.2 Å². The second-order valence-electron chi connectivity index (χ2n) is 4.62. The number of rotatable bonds is 6. The van der Waals surface area contributed by atoms with Crippen LogP contribution in [0, 0.1) is 17.2 Å². The molecule has 0 aromatic carbocycles. The van der Waals surface area contributed by atoms with Gasteiger partial charge in [-0.2, -0.15) is 5.26 Å². The second kappa shape index (κ2) is 7.61. The number of piperidine rings is 1. The molecule has 2 atom stereocenters. The summed E-state index contributed by atoms with van der Waals surface area (Å²) in [4.78, 5) is 2.19. The highest BCUT2D eigenvalue weighted by Crippen LogP contribution is 2.19. The van der Waals surface area contributed by atoms with Gasteiger partial charge in [0.1, 0.15) is 0 Å². The van der Waals surface area contributed by atoms with Crippen LogP contribution >= 0.6 is 0 Å². The largest absolute Gasteiger partial charge is 0.396 e. The highest BCUT2D eigenvalue weighted by atomic mass is 16.3. The number of hydrogen-bond donors (Lipinski definition) is 2. The minimum Gasteiger partial charge on any atom is -0.396 e. The average molecular weight is 225 g/mol. The normalized spacial score (nSPS) is 26.6. The first-order chi connectivity index (χ1) is 7.80. The highest BCUT2D eigenvalue weighted by molar-refractivity contribution is 4.87. The van der Waals surface area contributed by atoms with Crippen molar-refractivity contribution < 1.29 is 5.11 Å². The molecular formula is C12H23N3O. The minimum atomic E-state index is 0.256. The molecular weight excluding hydrogens is 202 g/mol. The van der Waals surface area contributed by atoms with Gasteiger partial charge in [0.2, 0.25) is 0 Å². The molecule has 4 heteroatoms. The van der Waals surface area contributed by atoms with E-state index in [0.717, 1.165) is 38.9 Å². The van der Waals surface area contributed by atoms with Gasteiger partial charge in [-0.05, 0) is 31.7 Å². The van der Waals surface area contributed by atoms with Crippen molar-refractivity contribution in [2.75, 3.05) is 32.8 Å². The molecule has 1 aliphatic heterocycles. The van der Waals surface area contributed by atoms with Crippen LogP contribution in [0.25, 0.3) is 0 Å². The lowest BCUT2D eigenvalue weighted by molar-refractivity contribution is 0.132. The van der Waals surface area contributed by atoms with Crippen LogP contribution in [0.15, 0.2) is 0 Å². The van der Waals surface area contributed by atoms with E-state index in [-0.39, 0.29) is 6.61 Å². The summed E-state index contributed by atoms with van der Waals surface area (Å²) in [6, 6.07) is 2.70. The van der Waals surface area contributed by atoms with Crippen molar-refractivity contribution in [3.8, 4) is 6.07 Å². The number of hydrogen-bond acceptors (Lipinski definition) is 4. The van der Waals surface area contributed by atoms with E-state index in [9.17, 15) is 0 Å². The van der Waals surface area contributed by atoms with E-state index >= 15 is 0 Å². The van der Waals surface area contributed by atoms with Crippen LogP contribution in [0.3, 0.4) is 0 Å². The van der Waals surface area contributed by atoms with Crippen LogP contribution in [0.1, 0.15) is 26.2 Å². The number of aliphatic hydroxyl groups excluding tert-OH is 1. The summed E-state index contributed by atoms with van der Waals surface area (Å²) in [7, 11) is 0. The molecule has 0 spiro atoms. The van der Waals surface area contributed by atoms with Gasteiger partial charge in [0.05, 0.1) is 12.6 Å². The SMILES string of the molecule is CCCNC1CC(CCO)CN(CC#N)C1. The maximum Gasteiger partial charge on any atom is 0.0866 e. The molecule has 0 amide bonds. The minimum absolute atomic E-state index is 0.256. The van der Waals surface area contributed by atoms with Crippen molar-refractivity contribution in [1.29, 1.82) is 5.26 Å². The first-order valence-corrected chi connectivity index (χ1v) is 6.23. The van der Waals surface area contributed by atoms with Crippen molar-refractivity contribution >= 4 is 0 Å². The lowest BCUT2D eigenvalue weighted by Gasteiger charge is -2.37. The highest BCUT2D eigenvalue weighted by Gasteiger charge is 2.26. The Morgan fingerprint density at radius 1 is 1.50 bits per heavy atom. The molecule has 16 heavy (non-hydrogen) atoms. The van der Waals surface area contributed by atoms with Gasteiger partial charge in [0.25, 0.3) is 0 Å². The van der Waals surface area contributed by atoms with Gasteiger partial charge in [0, 0.05) is 25.7 Å². The topological polar surface area (TPSA) is 59.3 Å². The van der Waals surface area contributed by atoms with Crippen LogP contribution in [0.5, 0.6) is 0 Å². The van der Waals surface area contributed by atoms with E-state index in [4.69, 9.17) is 10.4 Å². The number of nitriles is 1. The van der Waals surface area contributed by atoms with Gasteiger partial charge < -0.3 is 10.4 Å². The molecule has 1 fully saturated rings. The van der Waals surface area contributed by atoms with Crippen LogP contribution < -0.4 is 5.32 Å². The zero-order valence-corrected chi connectivity index (χ0v) is 10.2. The van der Waals surface area contributed by atoms with Crippen LogP contribution in [-0.2, 0) is 0 Å². The molecule has 4 nitrogen and oxygen atoms in total.